The second-order valence-corrected chi connectivity index (χ2v) is 5.93. The number of nitrogens with one attached hydrogen (secondary N) is 2. The normalized spacial score (nSPS) is 24.8. The molecule has 3 atom stereocenters. The molecule has 5 nitrogen and oxygen atoms in total. The Labute approximate surface area is 115 Å². The molecule has 0 aliphatic heterocycles. The lowest BCUT2D eigenvalue weighted by Gasteiger charge is -2.30. The molecule has 0 saturated heterocycles. The van der Waals surface area contributed by atoms with E-state index in [-0.39, 0.29) is 30.5 Å². The minimum atomic E-state index is -0.884. The van der Waals surface area contributed by atoms with Gasteiger partial charge in [0.05, 0.1) is 6.42 Å². The molecule has 0 aromatic rings. The van der Waals surface area contributed by atoms with Crippen LogP contribution in [0.2, 0.25) is 0 Å². The van der Waals surface area contributed by atoms with Crippen molar-refractivity contribution >= 4 is 12.0 Å². The fourth-order valence-electron chi connectivity index (χ4n) is 2.55. The Bertz CT molecular complexity index is 318. The summed E-state index contributed by atoms with van der Waals surface area (Å²) < 4.78 is 0. The van der Waals surface area contributed by atoms with Crippen LogP contribution in [0.4, 0.5) is 4.79 Å². The van der Waals surface area contributed by atoms with Crippen molar-refractivity contribution in [3.63, 3.8) is 0 Å². The topological polar surface area (TPSA) is 78.4 Å². The third kappa shape index (κ3) is 5.49. The fourth-order valence-corrected chi connectivity index (χ4v) is 2.55. The monoisotopic (exact) mass is 270 g/mol. The maximum Gasteiger partial charge on any atom is 0.315 e. The van der Waals surface area contributed by atoms with E-state index in [1.165, 1.54) is 6.42 Å². The second-order valence-electron chi connectivity index (χ2n) is 5.93. The molecule has 1 aliphatic carbocycles. The number of hydrogen-bond donors (Lipinski definition) is 3. The molecule has 0 aromatic heterocycles. The van der Waals surface area contributed by atoms with Gasteiger partial charge in [0.2, 0.25) is 0 Å². The molecule has 0 aromatic carbocycles. The molecule has 1 saturated carbocycles. The van der Waals surface area contributed by atoms with Gasteiger partial charge in [0.15, 0.2) is 0 Å². The van der Waals surface area contributed by atoms with Gasteiger partial charge in [-0.2, -0.15) is 0 Å². The Hall–Kier alpha value is -1.26. The van der Waals surface area contributed by atoms with E-state index in [9.17, 15) is 9.59 Å². The van der Waals surface area contributed by atoms with Crippen LogP contribution in [0.25, 0.3) is 0 Å². The number of carboxylic acid groups (broad SMARTS) is 1. The van der Waals surface area contributed by atoms with E-state index in [0.29, 0.717) is 5.92 Å². The largest absolute Gasteiger partial charge is 0.481 e. The quantitative estimate of drug-likeness (QED) is 0.717. The molecule has 0 spiro atoms. The molecule has 1 fully saturated rings. The van der Waals surface area contributed by atoms with Crippen molar-refractivity contribution in [2.45, 2.75) is 65.0 Å². The van der Waals surface area contributed by atoms with Crippen LogP contribution in [0.1, 0.15) is 52.9 Å². The van der Waals surface area contributed by atoms with Gasteiger partial charge < -0.3 is 15.7 Å². The molecule has 1 aliphatic rings. The van der Waals surface area contributed by atoms with Crippen molar-refractivity contribution in [3.05, 3.63) is 0 Å². The average Bonchev–Trinajstić information content (AvgIpc) is 2.30. The predicted octanol–water partition coefficient (Wildman–Crippen LogP) is 2.36. The lowest BCUT2D eigenvalue weighted by Crippen LogP contribution is -2.50. The molecule has 0 radical (unpaired) electrons. The first-order chi connectivity index (χ1) is 8.90. The smallest absolute Gasteiger partial charge is 0.315 e. The van der Waals surface area contributed by atoms with E-state index >= 15 is 0 Å². The van der Waals surface area contributed by atoms with Crippen LogP contribution in [-0.2, 0) is 4.79 Å². The van der Waals surface area contributed by atoms with Crippen molar-refractivity contribution in [2.75, 3.05) is 0 Å². The van der Waals surface area contributed by atoms with Crippen molar-refractivity contribution in [1.29, 1.82) is 0 Å². The Balaban J connectivity index is 2.45. The zero-order valence-electron chi connectivity index (χ0n) is 12.1. The molecule has 19 heavy (non-hydrogen) atoms. The van der Waals surface area contributed by atoms with E-state index in [2.05, 4.69) is 17.6 Å². The van der Waals surface area contributed by atoms with E-state index in [4.69, 9.17) is 5.11 Å². The first-order valence-corrected chi connectivity index (χ1v) is 7.19. The zero-order chi connectivity index (χ0) is 14.4. The highest BCUT2D eigenvalue weighted by Gasteiger charge is 2.25. The van der Waals surface area contributed by atoms with Gasteiger partial charge in [-0.15, -0.1) is 0 Å². The lowest BCUT2D eigenvalue weighted by molar-refractivity contribution is -0.137. The molecule has 0 heterocycles. The summed E-state index contributed by atoms with van der Waals surface area (Å²) in [5, 5.41) is 14.6. The SMILES string of the molecule is CC(C)C(CC(=O)O)NC(=O)NC1CCCCC1C. The molecule has 3 N–H and O–H groups in total. The third-order valence-electron chi connectivity index (χ3n) is 3.94. The molecule has 0 bridgehead atoms. The van der Waals surface area contributed by atoms with Crippen molar-refractivity contribution in [2.24, 2.45) is 11.8 Å². The molecule has 5 heteroatoms. The molecular formula is C14H26N2O3. The Morgan fingerprint density at radius 2 is 1.89 bits per heavy atom. The molecule has 1 rings (SSSR count). The van der Waals surface area contributed by atoms with Crippen LogP contribution in [0.5, 0.6) is 0 Å². The summed E-state index contributed by atoms with van der Waals surface area (Å²) >= 11 is 0. The van der Waals surface area contributed by atoms with E-state index in [0.717, 1.165) is 19.3 Å². The Morgan fingerprint density at radius 1 is 1.26 bits per heavy atom. The first-order valence-electron chi connectivity index (χ1n) is 7.19. The average molecular weight is 270 g/mol. The maximum absolute atomic E-state index is 11.9. The third-order valence-corrected chi connectivity index (χ3v) is 3.94. The summed E-state index contributed by atoms with van der Waals surface area (Å²) in [6, 6.07) is -0.346. The number of aliphatic carboxylic acids is 1. The Kier molecular flexibility index (Phi) is 6.12. The van der Waals surface area contributed by atoms with E-state index in [1.807, 2.05) is 13.8 Å². The van der Waals surface area contributed by atoms with E-state index in [1.54, 1.807) is 0 Å². The number of amides is 2. The summed E-state index contributed by atoms with van der Waals surface area (Å²) in [6.45, 7) is 5.98. The molecule has 3 unspecified atom stereocenters. The number of hydrogen-bond acceptors (Lipinski definition) is 2. The van der Waals surface area contributed by atoms with Crippen LogP contribution >= 0.6 is 0 Å². The summed E-state index contributed by atoms with van der Waals surface area (Å²) in [4.78, 5) is 22.7. The number of carbonyl (C=O) groups excluding carboxylic acids is 1. The van der Waals surface area contributed by atoms with Gasteiger partial charge in [-0.05, 0) is 24.7 Å². The van der Waals surface area contributed by atoms with Gasteiger partial charge in [-0.3, -0.25) is 4.79 Å². The van der Waals surface area contributed by atoms with Gasteiger partial charge in [0.1, 0.15) is 0 Å². The number of rotatable bonds is 5. The van der Waals surface area contributed by atoms with Crippen LogP contribution < -0.4 is 10.6 Å². The lowest BCUT2D eigenvalue weighted by atomic mass is 9.86. The van der Waals surface area contributed by atoms with Crippen molar-refractivity contribution < 1.29 is 14.7 Å². The van der Waals surface area contributed by atoms with Gasteiger partial charge in [-0.1, -0.05) is 33.6 Å². The molecule has 2 amide bonds. The highest BCUT2D eigenvalue weighted by molar-refractivity contribution is 5.76. The molecule has 110 valence electrons. The van der Waals surface area contributed by atoms with Gasteiger partial charge >= 0.3 is 12.0 Å². The van der Waals surface area contributed by atoms with Gasteiger partial charge in [0.25, 0.3) is 0 Å². The first kappa shape index (κ1) is 15.8. The number of carboxylic acids is 1. The van der Waals surface area contributed by atoms with Crippen LogP contribution in [0.3, 0.4) is 0 Å². The van der Waals surface area contributed by atoms with Crippen LogP contribution in [0, 0.1) is 11.8 Å². The molecular weight excluding hydrogens is 244 g/mol. The number of carbonyl (C=O) groups is 2. The van der Waals surface area contributed by atoms with E-state index < -0.39 is 5.97 Å². The Morgan fingerprint density at radius 3 is 2.42 bits per heavy atom. The summed E-state index contributed by atoms with van der Waals surface area (Å²) in [6.07, 6.45) is 4.51. The van der Waals surface area contributed by atoms with Gasteiger partial charge in [-0.25, -0.2) is 4.79 Å². The van der Waals surface area contributed by atoms with Crippen LogP contribution in [-0.4, -0.2) is 29.2 Å². The standard InChI is InChI=1S/C14H26N2O3/c1-9(2)12(8-13(17)18)16-14(19)15-11-7-5-4-6-10(11)3/h9-12H,4-8H2,1-3H3,(H,17,18)(H2,15,16,19). The maximum atomic E-state index is 11.9. The summed E-state index contributed by atoms with van der Waals surface area (Å²) in [7, 11) is 0. The second kappa shape index (κ2) is 7.36. The minimum absolute atomic E-state index is 0.0364. The number of urea groups is 1. The van der Waals surface area contributed by atoms with Gasteiger partial charge in [0, 0.05) is 12.1 Å². The van der Waals surface area contributed by atoms with Crippen LogP contribution in [0.15, 0.2) is 0 Å². The fraction of sp³-hybridized carbons (Fsp3) is 0.857. The van der Waals surface area contributed by atoms with Crippen molar-refractivity contribution in [1.82, 2.24) is 10.6 Å². The highest BCUT2D eigenvalue weighted by atomic mass is 16.4. The van der Waals surface area contributed by atoms with Crippen molar-refractivity contribution in [3.8, 4) is 0 Å². The zero-order valence-corrected chi connectivity index (χ0v) is 12.1. The predicted molar refractivity (Wildman–Crippen MR) is 74.0 cm³/mol. The highest BCUT2D eigenvalue weighted by Crippen LogP contribution is 2.23. The summed E-state index contributed by atoms with van der Waals surface area (Å²) in [5.41, 5.74) is 0. The minimum Gasteiger partial charge on any atom is -0.481 e. The summed E-state index contributed by atoms with van der Waals surface area (Å²) in [5.74, 6) is -0.285.